The van der Waals surface area contributed by atoms with Crippen LogP contribution >= 0.6 is 11.3 Å². The molecule has 0 aliphatic carbocycles. The minimum atomic E-state index is -0.894. The van der Waals surface area contributed by atoms with Gasteiger partial charge in [-0.25, -0.2) is 9.07 Å². The lowest BCUT2D eigenvalue weighted by molar-refractivity contribution is -0.137. The van der Waals surface area contributed by atoms with Crippen molar-refractivity contribution >= 4 is 33.4 Å². The van der Waals surface area contributed by atoms with Gasteiger partial charge >= 0.3 is 5.97 Å². The number of rotatable bonds is 6. The normalized spacial score (nSPS) is 11.7. The van der Waals surface area contributed by atoms with E-state index in [2.05, 4.69) is 10.4 Å². The fourth-order valence-electron chi connectivity index (χ4n) is 2.77. The van der Waals surface area contributed by atoms with Gasteiger partial charge in [-0.05, 0) is 57.5 Å². The third kappa shape index (κ3) is 4.16. The first-order valence-electron chi connectivity index (χ1n) is 8.46. The minimum Gasteiger partial charge on any atom is -0.481 e. The van der Waals surface area contributed by atoms with Gasteiger partial charge in [0.25, 0.3) is 5.91 Å². The van der Waals surface area contributed by atoms with Gasteiger partial charge in [-0.15, -0.1) is 11.3 Å². The van der Waals surface area contributed by atoms with E-state index >= 15 is 0 Å². The first-order valence-corrected chi connectivity index (χ1v) is 9.27. The second-order valence-electron chi connectivity index (χ2n) is 7.03. The van der Waals surface area contributed by atoms with Crippen molar-refractivity contribution in [2.24, 2.45) is 0 Å². The van der Waals surface area contributed by atoms with Gasteiger partial charge in [0.05, 0.1) is 16.3 Å². The zero-order valence-electron chi connectivity index (χ0n) is 15.2. The van der Waals surface area contributed by atoms with Gasteiger partial charge in [-0.1, -0.05) is 0 Å². The summed E-state index contributed by atoms with van der Waals surface area (Å²) in [6.45, 7) is 5.45. The molecule has 0 unspecified atom stereocenters. The van der Waals surface area contributed by atoms with E-state index in [1.54, 1.807) is 36.7 Å². The standard InChI is InChI=1S/C19H20FN3O3S/c1-11-14-10-15(17(26)21-19(2,3)9-8-16(24)25)27-18(14)23(22-11)13-6-4-12(20)5-7-13/h4-7,10H,8-9H2,1-3H3,(H,21,26)(H,24,25). The van der Waals surface area contributed by atoms with Crippen LogP contribution in [0.15, 0.2) is 30.3 Å². The van der Waals surface area contributed by atoms with Crippen molar-refractivity contribution < 1.29 is 19.1 Å². The van der Waals surface area contributed by atoms with Crippen molar-refractivity contribution in [1.29, 1.82) is 0 Å². The molecule has 2 heterocycles. The number of aryl methyl sites for hydroxylation is 1. The Morgan fingerprint density at radius 2 is 1.96 bits per heavy atom. The predicted molar refractivity (Wildman–Crippen MR) is 102 cm³/mol. The minimum absolute atomic E-state index is 0.0155. The number of aliphatic carboxylic acids is 1. The van der Waals surface area contributed by atoms with Crippen LogP contribution in [0.3, 0.4) is 0 Å². The molecule has 3 rings (SSSR count). The van der Waals surface area contributed by atoms with Crippen LogP contribution < -0.4 is 5.32 Å². The lowest BCUT2D eigenvalue weighted by Crippen LogP contribution is -2.43. The van der Waals surface area contributed by atoms with Gasteiger partial charge in [0.1, 0.15) is 10.6 Å². The molecule has 0 saturated heterocycles. The monoisotopic (exact) mass is 389 g/mol. The number of carboxylic acids is 1. The zero-order chi connectivity index (χ0) is 19.8. The van der Waals surface area contributed by atoms with Gasteiger partial charge in [-0.2, -0.15) is 5.10 Å². The van der Waals surface area contributed by atoms with E-state index in [9.17, 15) is 14.0 Å². The summed E-state index contributed by atoms with van der Waals surface area (Å²) in [6, 6.07) is 7.78. The molecule has 0 aliphatic heterocycles. The molecule has 0 saturated carbocycles. The summed E-state index contributed by atoms with van der Waals surface area (Å²) in [4.78, 5) is 24.7. The summed E-state index contributed by atoms with van der Waals surface area (Å²) >= 11 is 1.30. The van der Waals surface area contributed by atoms with E-state index in [1.807, 2.05) is 6.92 Å². The lowest BCUT2D eigenvalue weighted by Gasteiger charge is -2.25. The number of carbonyl (C=O) groups is 2. The van der Waals surface area contributed by atoms with Gasteiger partial charge in [-0.3, -0.25) is 9.59 Å². The van der Waals surface area contributed by atoms with Crippen LogP contribution in [-0.2, 0) is 4.79 Å². The number of nitrogens with zero attached hydrogens (tertiary/aromatic N) is 2. The van der Waals surface area contributed by atoms with Crippen molar-refractivity contribution in [2.45, 2.75) is 39.2 Å². The molecular weight excluding hydrogens is 369 g/mol. The smallest absolute Gasteiger partial charge is 0.303 e. The fraction of sp³-hybridized carbons (Fsp3) is 0.316. The van der Waals surface area contributed by atoms with Crippen LogP contribution in [0.25, 0.3) is 15.9 Å². The molecule has 3 aromatic rings. The Morgan fingerprint density at radius 3 is 2.59 bits per heavy atom. The number of thiophene rings is 1. The molecule has 6 nitrogen and oxygen atoms in total. The number of carboxylic acid groups (broad SMARTS) is 1. The number of halogens is 1. The molecule has 1 aromatic carbocycles. The quantitative estimate of drug-likeness (QED) is 0.669. The van der Waals surface area contributed by atoms with Crippen LogP contribution in [-0.4, -0.2) is 32.3 Å². The molecule has 0 fully saturated rings. The highest BCUT2D eigenvalue weighted by Gasteiger charge is 2.24. The summed E-state index contributed by atoms with van der Waals surface area (Å²) in [6.07, 6.45) is 0.319. The number of nitrogens with one attached hydrogen (secondary N) is 1. The highest BCUT2D eigenvalue weighted by Crippen LogP contribution is 2.31. The summed E-state index contributed by atoms with van der Waals surface area (Å²) in [5.74, 6) is -1.47. The van der Waals surface area contributed by atoms with E-state index in [4.69, 9.17) is 5.11 Å². The first-order chi connectivity index (χ1) is 12.7. The average molecular weight is 389 g/mol. The maximum atomic E-state index is 13.2. The van der Waals surface area contributed by atoms with E-state index in [0.29, 0.717) is 17.0 Å². The molecule has 2 N–H and O–H groups in total. The third-order valence-corrected chi connectivity index (χ3v) is 5.36. The van der Waals surface area contributed by atoms with Crippen molar-refractivity contribution in [3.8, 4) is 5.69 Å². The number of carbonyl (C=O) groups excluding carboxylic acids is 1. The molecule has 0 spiro atoms. The van der Waals surface area contributed by atoms with Crippen LogP contribution in [0.1, 0.15) is 42.1 Å². The van der Waals surface area contributed by atoms with Gasteiger partial charge in [0, 0.05) is 17.3 Å². The molecule has 1 amide bonds. The summed E-state index contributed by atoms with van der Waals surface area (Å²) in [5.41, 5.74) is 0.851. The molecule has 27 heavy (non-hydrogen) atoms. The fourth-order valence-corrected chi connectivity index (χ4v) is 3.85. The van der Waals surface area contributed by atoms with E-state index in [-0.39, 0.29) is 18.1 Å². The Morgan fingerprint density at radius 1 is 1.30 bits per heavy atom. The van der Waals surface area contributed by atoms with Gasteiger partial charge in [0.15, 0.2) is 0 Å². The molecule has 142 valence electrons. The third-order valence-electron chi connectivity index (χ3n) is 4.26. The van der Waals surface area contributed by atoms with Crippen LogP contribution in [0.4, 0.5) is 4.39 Å². The Hall–Kier alpha value is -2.74. The molecule has 0 atom stereocenters. The number of aromatic nitrogens is 2. The van der Waals surface area contributed by atoms with E-state index < -0.39 is 11.5 Å². The van der Waals surface area contributed by atoms with Crippen LogP contribution in [0.2, 0.25) is 0 Å². The average Bonchev–Trinajstić information content (AvgIpc) is 3.15. The van der Waals surface area contributed by atoms with Crippen molar-refractivity contribution in [2.75, 3.05) is 0 Å². The topological polar surface area (TPSA) is 84.2 Å². The second kappa shape index (κ2) is 7.11. The zero-order valence-corrected chi connectivity index (χ0v) is 16.1. The molecule has 0 radical (unpaired) electrons. The summed E-state index contributed by atoms with van der Waals surface area (Å²) in [5, 5.41) is 17.1. The number of amides is 1. The van der Waals surface area contributed by atoms with E-state index in [1.165, 1.54) is 23.5 Å². The Kier molecular flexibility index (Phi) is 5.01. The molecule has 0 aliphatic rings. The Balaban J connectivity index is 1.88. The molecular formula is C19H20FN3O3S. The van der Waals surface area contributed by atoms with Crippen molar-refractivity contribution in [1.82, 2.24) is 15.1 Å². The summed E-state index contributed by atoms with van der Waals surface area (Å²) in [7, 11) is 0. The van der Waals surface area contributed by atoms with Crippen molar-refractivity contribution in [3.63, 3.8) is 0 Å². The van der Waals surface area contributed by atoms with Gasteiger partial charge < -0.3 is 10.4 Å². The van der Waals surface area contributed by atoms with E-state index in [0.717, 1.165) is 15.9 Å². The molecule has 2 aromatic heterocycles. The maximum absolute atomic E-state index is 13.2. The summed E-state index contributed by atoms with van der Waals surface area (Å²) < 4.78 is 14.9. The SMILES string of the molecule is Cc1nn(-c2ccc(F)cc2)c2sc(C(=O)NC(C)(C)CCC(=O)O)cc12. The first kappa shape index (κ1) is 19.0. The Labute approximate surface area is 159 Å². The number of fused-ring (bicyclic) bond motifs is 1. The number of hydrogen-bond donors (Lipinski definition) is 2. The molecule has 0 bridgehead atoms. The Bertz CT molecular complexity index is 1010. The highest BCUT2D eigenvalue weighted by molar-refractivity contribution is 7.20. The maximum Gasteiger partial charge on any atom is 0.303 e. The number of hydrogen-bond acceptors (Lipinski definition) is 4. The number of benzene rings is 1. The van der Waals surface area contributed by atoms with Crippen LogP contribution in [0, 0.1) is 12.7 Å². The van der Waals surface area contributed by atoms with Gasteiger partial charge in [0.2, 0.25) is 0 Å². The lowest BCUT2D eigenvalue weighted by atomic mass is 9.98. The largest absolute Gasteiger partial charge is 0.481 e. The molecule has 8 heteroatoms. The predicted octanol–water partition coefficient (Wildman–Crippen LogP) is 3.91. The van der Waals surface area contributed by atoms with Crippen molar-refractivity contribution in [3.05, 3.63) is 46.7 Å². The second-order valence-corrected chi connectivity index (χ2v) is 8.07. The van der Waals surface area contributed by atoms with Crippen LogP contribution in [0.5, 0.6) is 0 Å². The highest BCUT2D eigenvalue weighted by atomic mass is 32.1.